The largest absolute Gasteiger partial charge is 0.488 e. The molecule has 0 aromatic heterocycles. The van der Waals surface area contributed by atoms with Gasteiger partial charge >= 0.3 is 12.2 Å². The number of carbonyl (C=O) groups excluding carboxylic acids is 3. The Bertz CT molecular complexity index is 2210. The Balaban J connectivity index is 1.33. The van der Waals surface area contributed by atoms with Gasteiger partial charge in [0.1, 0.15) is 19.0 Å². The van der Waals surface area contributed by atoms with E-state index in [1.807, 2.05) is 12.1 Å². The second-order valence-electron chi connectivity index (χ2n) is 15.8. The van der Waals surface area contributed by atoms with Crippen LogP contribution in [0.25, 0.3) is 5.57 Å². The molecule has 3 amide bonds. The lowest BCUT2D eigenvalue weighted by Gasteiger charge is -2.51. The van der Waals surface area contributed by atoms with Gasteiger partial charge in [-0.25, -0.2) is 22.8 Å². The van der Waals surface area contributed by atoms with Crippen LogP contribution in [-0.2, 0) is 32.0 Å². The van der Waals surface area contributed by atoms with Gasteiger partial charge in [0.25, 0.3) is 5.91 Å². The van der Waals surface area contributed by atoms with Crippen molar-refractivity contribution in [3.63, 3.8) is 0 Å². The summed E-state index contributed by atoms with van der Waals surface area (Å²) in [6.07, 6.45) is 0.358. The number of rotatable bonds is 17. The van der Waals surface area contributed by atoms with Gasteiger partial charge in [-0.05, 0) is 80.9 Å². The molecular formula is C43H45Cl3F4N4O9. The number of aryl methyl sites for hydroxylation is 1. The molecule has 2 unspecified atom stereocenters. The number of nitro groups is 1. The van der Waals surface area contributed by atoms with E-state index in [0.29, 0.717) is 42.9 Å². The number of ether oxygens (including phenoxy) is 4. The summed E-state index contributed by atoms with van der Waals surface area (Å²) in [5.41, 5.74) is 0.769. The maximum absolute atomic E-state index is 15.2. The first kappa shape index (κ1) is 47.6. The van der Waals surface area contributed by atoms with E-state index in [0.717, 1.165) is 11.6 Å². The molecule has 63 heavy (non-hydrogen) atoms. The molecule has 1 aliphatic carbocycles. The number of hydrogen-bond donors (Lipinski definition) is 0. The highest BCUT2D eigenvalue weighted by molar-refractivity contribution is 6.68. The monoisotopic (exact) mass is 942 g/mol. The number of fused-ring (bicyclic) bond motifs is 2. The number of halogens is 7. The zero-order chi connectivity index (χ0) is 45.6. The number of benzene rings is 3. The fraction of sp³-hybridized carbons (Fsp3) is 0.465. The number of amides is 3. The third-order valence-corrected chi connectivity index (χ3v) is 12.3. The molecule has 340 valence electrons. The molecule has 20 heteroatoms. The highest BCUT2D eigenvalue weighted by Crippen LogP contribution is 2.44. The molecule has 1 saturated carbocycles. The summed E-state index contributed by atoms with van der Waals surface area (Å²) < 4.78 is 76.6. The van der Waals surface area contributed by atoms with Crippen LogP contribution >= 0.6 is 34.8 Å². The van der Waals surface area contributed by atoms with Gasteiger partial charge in [-0.1, -0.05) is 77.3 Å². The Hall–Kier alpha value is -4.84. The molecule has 2 heterocycles. The molecule has 2 atom stereocenters. The highest BCUT2D eigenvalue weighted by Gasteiger charge is 2.52. The van der Waals surface area contributed by atoms with Gasteiger partial charge in [0.05, 0.1) is 25.3 Å². The average molecular weight is 944 g/mol. The van der Waals surface area contributed by atoms with Gasteiger partial charge in [-0.3, -0.25) is 19.8 Å². The van der Waals surface area contributed by atoms with Crippen LogP contribution < -0.4 is 4.74 Å². The minimum absolute atomic E-state index is 0.0325. The molecule has 6 rings (SSSR count). The summed E-state index contributed by atoms with van der Waals surface area (Å²) >= 11 is 18.6. The third kappa shape index (κ3) is 11.7. The number of alkyl halides is 3. The average Bonchev–Trinajstić information content (AvgIpc) is 4.07. The van der Waals surface area contributed by atoms with Crippen LogP contribution in [0.4, 0.5) is 27.2 Å². The second-order valence-corrected chi connectivity index (χ2v) is 18.1. The van der Waals surface area contributed by atoms with E-state index in [4.69, 9.17) is 53.8 Å². The lowest BCUT2D eigenvalue weighted by atomic mass is 9.81. The fourth-order valence-electron chi connectivity index (χ4n) is 7.41. The van der Waals surface area contributed by atoms with Crippen molar-refractivity contribution in [3.8, 4) is 5.75 Å². The van der Waals surface area contributed by atoms with E-state index in [-0.39, 0.29) is 69.7 Å². The number of hydrogen-bond acceptors (Lipinski definition) is 9. The molecule has 2 fully saturated rings. The summed E-state index contributed by atoms with van der Waals surface area (Å²) in [5.74, 6) is -5.47. The normalized spacial score (nSPS) is 17.7. The zero-order valence-corrected chi connectivity index (χ0v) is 36.6. The van der Waals surface area contributed by atoms with Crippen molar-refractivity contribution >= 4 is 58.5 Å². The lowest BCUT2D eigenvalue weighted by molar-refractivity contribution is -0.483. The van der Waals surface area contributed by atoms with E-state index in [2.05, 4.69) is 0 Å². The standard InChI is InChI=1S/C43H45Cl3F4N4O9/c1-42(2,43(44,45)46)63-41(57)54-30-22-31(27-11-9-26(10-12-27)6-5-18-61-38-34(49)16-15-33(48)37(38)50)36(39(55)52(29-13-14-29)23-28-7-3-4-8-32(28)47)35(54)25-51(24-30)40(56)62-21-20-60-19-17-53(58)59/h3-4,7-12,15-16,29-30,35H,5-6,13-14,17-25H2,1-2H3. The first-order valence-corrected chi connectivity index (χ1v) is 21.3. The summed E-state index contributed by atoms with van der Waals surface area (Å²) in [7, 11) is 0. The molecule has 3 aliphatic rings. The Labute approximate surface area is 375 Å². The van der Waals surface area contributed by atoms with Gasteiger partial charge in [0, 0.05) is 41.7 Å². The summed E-state index contributed by atoms with van der Waals surface area (Å²) in [6.45, 7) is 1.37. The molecule has 0 N–H and O–H groups in total. The van der Waals surface area contributed by atoms with E-state index in [1.54, 1.807) is 35.2 Å². The molecule has 3 aromatic carbocycles. The minimum Gasteiger partial charge on any atom is -0.488 e. The summed E-state index contributed by atoms with van der Waals surface area (Å²) in [5, 5.41) is 10.6. The van der Waals surface area contributed by atoms with Crippen molar-refractivity contribution in [3.05, 3.63) is 116 Å². The lowest BCUT2D eigenvalue weighted by Crippen LogP contribution is -2.66. The van der Waals surface area contributed by atoms with Crippen molar-refractivity contribution in [2.45, 2.75) is 80.0 Å². The number of carbonyl (C=O) groups is 3. The first-order valence-electron chi connectivity index (χ1n) is 20.2. The maximum atomic E-state index is 15.2. The van der Waals surface area contributed by atoms with E-state index in [1.165, 1.54) is 29.7 Å². The van der Waals surface area contributed by atoms with Crippen LogP contribution in [0.2, 0.25) is 0 Å². The van der Waals surface area contributed by atoms with Crippen molar-refractivity contribution in [1.82, 2.24) is 14.7 Å². The first-order chi connectivity index (χ1) is 29.9. The van der Waals surface area contributed by atoms with Gasteiger partial charge in [0.15, 0.2) is 23.0 Å². The molecule has 1 saturated heterocycles. The molecule has 3 aromatic rings. The Morgan fingerprint density at radius 3 is 2.24 bits per heavy atom. The fourth-order valence-corrected chi connectivity index (χ4v) is 7.53. The van der Waals surface area contributed by atoms with E-state index >= 15 is 9.18 Å². The predicted molar refractivity (Wildman–Crippen MR) is 224 cm³/mol. The van der Waals surface area contributed by atoms with Crippen LogP contribution in [0.5, 0.6) is 5.75 Å². The van der Waals surface area contributed by atoms with E-state index in [9.17, 15) is 32.9 Å². The number of piperazine rings is 1. The van der Waals surface area contributed by atoms with Crippen LogP contribution in [0, 0.1) is 33.4 Å². The maximum Gasteiger partial charge on any atom is 0.411 e. The number of nitrogens with zero attached hydrogens (tertiary/aromatic N) is 4. The minimum atomic E-state index is -2.06. The third-order valence-electron chi connectivity index (χ3n) is 11.0. The van der Waals surface area contributed by atoms with Crippen molar-refractivity contribution < 1.29 is 55.8 Å². The molecule has 13 nitrogen and oxygen atoms in total. The van der Waals surface area contributed by atoms with Crippen LogP contribution in [0.3, 0.4) is 0 Å². The SMILES string of the molecule is CC(C)(OC(=O)N1C2CC(c3ccc(CCCOc4c(F)ccc(F)c4F)cc3)=C(C(=O)N(Cc3ccccc3F)C3CC3)C1CN(C(=O)OCCOCC[N+](=O)[O-])C2)C(Cl)(Cl)Cl. The van der Waals surface area contributed by atoms with Crippen LogP contribution in [-0.4, -0.2) is 111 Å². The molecule has 2 bridgehead atoms. The topological polar surface area (TPSA) is 141 Å². The van der Waals surface area contributed by atoms with Crippen molar-refractivity contribution in [2.24, 2.45) is 0 Å². The van der Waals surface area contributed by atoms with Gasteiger partial charge < -0.3 is 28.7 Å². The molecule has 0 radical (unpaired) electrons. The molecule has 2 aliphatic heterocycles. The Morgan fingerprint density at radius 1 is 0.873 bits per heavy atom. The summed E-state index contributed by atoms with van der Waals surface area (Å²) in [4.78, 5) is 57.5. The van der Waals surface area contributed by atoms with Crippen molar-refractivity contribution in [2.75, 3.05) is 46.1 Å². The molecular weight excluding hydrogens is 899 g/mol. The Morgan fingerprint density at radius 2 is 1.57 bits per heavy atom. The Kier molecular flexibility index (Phi) is 15.4. The van der Waals surface area contributed by atoms with Gasteiger partial charge in [0.2, 0.25) is 16.2 Å². The van der Waals surface area contributed by atoms with Gasteiger partial charge in [-0.2, -0.15) is 4.39 Å². The van der Waals surface area contributed by atoms with Crippen molar-refractivity contribution in [1.29, 1.82) is 0 Å². The molecule has 0 spiro atoms. The smallest absolute Gasteiger partial charge is 0.411 e. The highest BCUT2D eigenvalue weighted by atomic mass is 35.6. The zero-order valence-electron chi connectivity index (χ0n) is 34.3. The van der Waals surface area contributed by atoms with Crippen LogP contribution in [0.15, 0.2) is 66.2 Å². The summed E-state index contributed by atoms with van der Waals surface area (Å²) in [6, 6.07) is 12.6. The second kappa shape index (κ2) is 20.3. The van der Waals surface area contributed by atoms with Gasteiger partial charge in [-0.15, -0.1) is 0 Å². The quantitative estimate of drug-likeness (QED) is 0.0325. The predicted octanol–water partition coefficient (Wildman–Crippen LogP) is 8.67. The van der Waals surface area contributed by atoms with Crippen LogP contribution in [0.1, 0.15) is 56.2 Å². The van der Waals surface area contributed by atoms with E-state index < -0.39 is 80.1 Å².